The number of hydrogen-bond acceptors (Lipinski definition) is 3. The van der Waals surface area contributed by atoms with Crippen LogP contribution in [0.25, 0.3) is 0 Å². The van der Waals surface area contributed by atoms with Crippen LogP contribution in [0.1, 0.15) is 47.0 Å². The average molecular weight is 297 g/mol. The van der Waals surface area contributed by atoms with E-state index in [9.17, 15) is 9.59 Å². The topological polar surface area (TPSA) is 61.4 Å². The summed E-state index contributed by atoms with van der Waals surface area (Å²) in [6.07, 6.45) is 2.65. The summed E-state index contributed by atoms with van der Waals surface area (Å²) in [6.45, 7) is 11.0. The van der Waals surface area contributed by atoms with E-state index in [1.807, 2.05) is 18.7 Å². The van der Waals surface area contributed by atoms with Gasteiger partial charge >= 0.3 is 0 Å². The lowest BCUT2D eigenvalue weighted by Crippen LogP contribution is -2.48. The van der Waals surface area contributed by atoms with E-state index in [1.165, 1.54) is 0 Å². The summed E-state index contributed by atoms with van der Waals surface area (Å²) in [6, 6.07) is 0.278. The molecule has 2 N–H and O–H groups in total. The van der Waals surface area contributed by atoms with Crippen molar-refractivity contribution in [2.45, 2.75) is 53.0 Å². The molecule has 0 bridgehead atoms. The van der Waals surface area contributed by atoms with Gasteiger partial charge in [0.2, 0.25) is 11.8 Å². The Morgan fingerprint density at radius 3 is 2.62 bits per heavy atom. The highest BCUT2D eigenvalue weighted by Gasteiger charge is 2.29. The van der Waals surface area contributed by atoms with Crippen LogP contribution in [-0.2, 0) is 9.59 Å². The number of likely N-dealkylation sites (tertiary alicyclic amines) is 1. The third kappa shape index (κ3) is 5.65. The molecule has 1 fully saturated rings. The minimum absolute atomic E-state index is 0.0550. The van der Waals surface area contributed by atoms with E-state index >= 15 is 0 Å². The fourth-order valence-corrected chi connectivity index (χ4v) is 2.70. The molecule has 2 amide bonds. The largest absolute Gasteiger partial charge is 0.354 e. The quantitative estimate of drug-likeness (QED) is 0.746. The number of amides is 2. The zero-order valence-electron chi connectivity index (χ0n) is 13.9. The third-order valence-electron chi connectivity index (χ3n) is 4.27. The first-order valence-electron chi connectivity index (χ1n) is 8.29. The minimum atomic E-state index is -0.0550. The maximum atomic E-state index is 12.2. The second-order valence-electron chi connectivity index (χ2n) is 6.14. The van der Waals surface area contributed by atoms with Crippen LogP contribution < -0.4 is 10.6 Å². The van der Waals surface area contributed by atoms with Crippen LogP contribution in [0.2, 0.25) is 0 Å². The molecule has 0 aliphatic carbocycles. The first kappa shape index (κ1) is 18.0. The Balaban J connectivity index is 2.44. The maximum Gasteiger partial charge on any atom is 0.225 e. The highest BCUT2D eigenvalue weighted by molar-refractivity contribution is 5.82. The molecular weight excluding hydrogens is 266 g/mol. The molecule has 1 rings (SSSR count). The van der Waals surface area contributed by atoms with Crippen molar-refractivity contribution in [1.29, 1.82) is 0 Å². The normalized spacial score (nSPS) is 21.7. The number of hydrogen-bond donors (Lipinski definition) is 2. The molecule has 0 aromatic rings. The Hall–Kier alpha value is -1.10. The molecule has 1 aliphatic heterocycles. The zero-order valence-corrected chi connectivity index (χ0v) is 13.9. The summed E-state index contributed by atoms with van der Waals surface area (Å²) in [5.74, 6) is 0.276. The summed E-state index contributed by atoms with van der Waals surface area (Å²) in [7, 11) is 0. The van der Waals surface area contributed by atoms with Gasteiger partial charge in [-0.05, 0) is 32.7 Å². The van der Waals surface area contributed by atoms with Crippen LogP contribution in [0, 0.1) is 11.8 Å². The fraction of sp³-hybridized carbons (Fsp3) is 0.875. The Morgan fingerprint density at radius 1 is 1.29 bits per heavy atom. The molecule has 21 heavy (non-hydrogen) atoms. The van der Waals surface area contributed by atoms with Gasteiger partial charge in [-0.25, -0.2) is 0 Å². The number of nitrogens with one attached hydrogen (secondary N) is 2. The second kappa shape index (κ2) is 9.03. The molecule has 0 radical (unpaired) electrons. The monoisotopic (exact) mass is 297 g/mol. The van der Waals surface area contributed by atoms with E-state index in [0.717, 1.165) is 32.4 Å². The number of rotatable bonds is 7. The molecular formula is C16H31N3O2. The Morgan fingerprint density at radius 2 is 2.00 bits per heavy atom. The van der Waals surface area contributed by atoms with E-state index in [0.29, 0.717) is 13.1 Å². The van der Waals surface area contributed by atoms with Crippen LogP contribution >= 0.6 is 0 Å². The molecule has 1 aliphatic rings. The number of carbonyl (C=O) groups is 2. The predicted molar refractivity (Wildman–Crippen MR) is 84.9 cm³/mol. The van der Waals surface area contributed by atoms with Crippen molar-refractivity contribution >= 4 is 11.8 Å². The van der Waals surface area contributed by atoms with E-state index < -0.39 is 0 Å². The van der Waals surface area contributed by atoms with Gasteiger partial charge in [0.1, 0.15) is 0 Å². The molecule has 5 heteroatoms. The molecule has 0 aromatic heterocycles. The van der Waals surface area contributed by atoms with Crippen LogP contribution in [0.4, 0.5) is 0 Å². The van der Waals surface area contributed by atoms with Crippen molar-refractivity contribution in [3.8, 4) is 0 Å². The Kier molecular flexibility index (Phi) is 7.72. The Labute approximate surface area is 128 Å². The molecule has 0 saturated carbocycles. The van der Waals surface area contributed by atoms with Crippen LogP contribution in [0.15, 0.2) is 0 Å². The van der Waals surface area contributed by atoms with Gasteiger partial charge in [0.25, 0.3) is 0 Å². The lowest BCUT2D eigenvalue weighted by atomic mass is 9.95. The summed E-state index contributed by atoms with van der Waals surface area (Å²) in [5.41, 5.74) is 0. The number of piperidine rings is 1. The smallest absolute Gasteiger partial charge is 0.225 e. The standard InChI is InChI=1S/C16H31N3O2/c1-5-12(3)16(21)19-9-7-8-14(11-19)15(20)18-10-13(4)17-6-2/h12-14,17H,5-11H2,1-4H3,(H,18,20)/t12?,13-,14?/m1/s1. The highest BCUT2D eigenvalue weighted by Crippen LogP contribution is 2.19. The van der Waals surface area contributed by atoms with Crippen molar-refractivity contribution in [3.63, 3.8) is 0 Å². The number of nitrogens with zero attached hydrogens (tertiary/aromatic N) is 1. The minimum Gasteiger partial charge on any atom is -0.354 e. The molecule has 0 spiro atoms. The van der Waals surface area contributed by atoms with Crippen molar-refractivity contribution in [2.75, 3.05) is 26.2 Å². The summed E-state index contributed by atoms with van der Waals surface area (Å²) in [4.78, 5) is 26.3. The maximum absolute atomic E-state index is 12.2. The van der Waals surface area contributed by atoms with Gasteiger partial charge in [0.15, 0.2) is 0 Å². The zero-order chi connectivity index (χ0) is 15.8. The van der Waals surface area contributed by atoms with E-state index in [-0.39, 0.29) is 29.7 Å². The van der Waals surface area contributed by atoms with E-state index in [1.54, 1.807) is 0 Å². The lowest BCUT2D eigenvalue weighted by Gasteiger charge is -2.33. The summed E-state index contributed by atoms with van der Waals surface area (Å²) in [5, 5.41) is 6.27. The highest BCUT2D eigenvalue weighted by atomic mass is 16.2. The van der Waals surface area contributed by atoms with Gasteiger partial charge in [-0.3, -0.25) is 9.59 Å². The summed E-state index contributed by atoms with van der Waals surface area (Å²) >= 11 is 0. The number of carbonyl (C=O) groups excluding carboxylic acids is 2. The van der Waals surface area contributed by atoms with E-state index in [4.69, 9.17) is 0 Å². The number of likely N-dealkylation sites (N-methyl/N-ethyl adjacent to an activating group) is 1. The van der Waals surface area contributed by atoms with Crippen LogP contribution in [0.3, 0.4) is 0 Å². The molecule has 1 saturated heterocycles. The third-order valence-corrected chi connectivity index (χ3v) is 4.27. The fourth-order valence-electron chi connectivity index (χ4n) is 2.70. The molecule has 3 atom stereocenters. The van der Waals surface area contributed by atoms with Gasteiger partial charge in [-0.2, -0.15) is 0 Å². The lowest BCUT2D eigenvalue weighted by molar-refractivity contribution is -0.138. The molecule has 5 nitrogen and oxygen atoms in total. The van der Waals surface area contributed by atoms with Gasteiger partial charge in [0.05, 0.1) is 5.92 Å². The van der Waals surface area contributed by atoms with E-state index in [2.05, 4.69) is 24.5 Å². The van der Waals surface area contributed by atoms with Crippen molar-refractivity contribution in [3.05, 3.63) is 0 Å². The first-order chi connectivity index (χ1) is 9.99. The average Bonchev–Trinajstić information content (AvgIpc) is 2.51. The van der Waals surface area contributed by atoms with Gasteiger partial charge in [-0.15, -0.1) is 0 Å². The SMILES string of the molecule is CCN[C@H](C)CNC(=O)C1CCCN(C(=O)C(C)CC)C1. The van der Waals surface area contributed by atoms with Gasteiger partial charge < -0.3 is 15.5 Å². The van der Waals surface area contributed by atoms with Crippen LogP contribution in [0.5, 0.6) is 0 Å². The second-order valence-corrected chi connectivity index (χ2v) is 6.14. The first-order valence-corrected chi connectivity index (χ1v) is 8.29. The van der Waals surface area contributed by atoms with Crippen LogP contribution in [-0.4, -0.2) is 48.9 Å². The van der Waals surface area contributed by atoms with Crippen molar-refractivity contribution in [1.82, 2.24) is 15.5 Å². The Bertz CT molecular complexity index is 346. The molecule has 1 heterocycles. The predicted octanol–water partition coefficient (Wildman–Crippen LogP) is 1.39. The van der Waals surface area contributed by atoms with Crippen molar-refractivity contribution in [2.24, 2.45) is 11.8 Å². The van der Waals surface area contributed by atoms with Gasteiger partial charge in [-0.1, -0.05) is 20.8 Å². The molecule has 2 unspecified atom stereocenters. The van der Waals surface area contributed by atoms with Gasteiger partial charge in [0, 0.05) is 31.6 Å². The molecule has 0 aromatic carbocycles. The molecule has 122 valence electrons. The van der Waals surface area contributed by atoms with Crippen molar-refractivity contribution < 1.29 is 9.59 Å². The summed E-state index contributed by atoms with van der Waals surface area (Å²) < 4.78 is 0.